The van der Waals surface area contributed by atoms with E-state index < -0.39 is 172 Å². The fourth-order valence-corrected chi connectivity index (χ4v) is 8.52. The van der Waals surface area contributed by atoms with Crippen LogP contribution in [-0.4, -0.2) is 251 Å². The highest BCUT2D eigenvalue weighted by Crippen LogP contribution is 2.41. The fraction of sp³-hybridized carbons (Fsp3) is 0.884. The van der Waals surface area contributed by atoms with Gasteiger partial charge in [0.25, 0.3) is 5.79 Å². The Morgan fingerprint density at radius 3 is 1.92 bits per heavy atom. The van der Waals surface area contributed by atoms with E-state index >= 15 is 0 Å². The van der Waals surface area contributed by atoms with Crippen LogP contribution in [0.25, 0.3) is 0 Å². The molecule has 0 saturated carbocycles. The monoisotopic (exact) mass is 1050 g/mol. The summed E-state index contributed by atoms with van der Waals surface area (Å²) in [6, 6.07) is -5.04. The van der Waals surface area contributed by atoms with Gasteiger partial charge >= 0.3 is 5.97 Å². The van der Waals surface area contributed by atoms with Crippen LogP contribution in [0.2, 0.25) is 0 Å². The molecule has 0 bridgehead atoms. The zero-order valence-corrected chi connectivity index (χ0v) is 41.1. The average Bonchev–Trinajstić information content (AvgIpc) is 3.70. The highest BCUT2D eigenvalue weighted by Gasteiger charge is 2.62. The van der Waals surface area contributed by atoms with E-state index in [0.29, 0.717) is 25.8 Å². The molecule has 4 aliphatic rings. The number of hydrogen-bond donors (Lipinski definition) is 14. The molecule has 0 aromatic rings. The second-order valence-electron chi connectivity index (χ2n) is 18.1. The van der Waals surface area contributed by atoms with Crippen molar-refractivity contribution in [3.8, 4) is 0 Å². The van der Waals surface area contributed by atoms with Gasteiger partial charge in [0.2, 0.25) is 23.6 Å². The van der Waals surface area contributed by atoms with Crippen LogP contribution in [0, 0.1) is 5.92 Å². The topological polar surface area (TPSA) is 434 Å². The van der Waals surface area contributed by atoms with Crippen molar-refractivity contribution in [1.82, 2.24) is 21.3 Å². The van der Waals surface area contributed by atoms with Crippen molar-refractivity contribution in [2.45, 2.75) is 183 Å². The lowest BCUT2D eigenvalue weighted by atomic mass is 9.93. The summed E-state index contributed by atoms with van der Waals surface area (Å²) in [6.07, 6.45) is -24.9. The number of nitrogens with two attached hydrogens (primary N) is 1. The molecule has 0 aliphatic carbocycles. The van der Waals surface area contributed by atoms with Gasteiger partial charge in [-0.05, 0) is 26.3 Å². The van der Waals surface area contributed by atoms with Gasteiger partial charge in [-0.15, -0.1) is 0 Å². The average molecular weight is 1050 g/mol. The van der Waals surface area contributed by atoms with Gasteiger partial charge in [0, 0.05) is 53.2 Å². The van der Waals surface area contributed by atoms with Gasteiger partial charge in [-0.1, -0.05) is 6.92 Å². The summed E-state index contributed by atoms with van der Waals surface area (Å²) in [7, 11) is 0. The van der Waals surface area contributed by atoms with Gasteiger partial charge in [0.15, 0.2) is 25.2 Å². The van der Waals surface area contributed by atoms with Crippen LogP contribution in [0.5, 0.6) is 0 Å². The Hall–Kier alpha value is -3.41. The van der Waals surface area contributed by atoms with Gasteiger partial charge in [0.05, 0.1) is 45.2 Å². The molecular weight excluding hydrogens is 970 g/mol. The maximum Gasteiger partial charge on any atom is 0.364 e. The maximum absolute atomic E-state index is 12.9. The first-order chi connectivity index (χ1) is 34.0. The van der Waals surface area contributed by atoms with Crippen LogP contribution < -0.4 is 27.0 Å². The van der Waals surface area contributed by atoms with E-state index in [2.05, 4.69) is 21.3 Å². The molecule has 4 rings (SSSR count). The zero-order chi connectivity index (χ0) is 53.6. The summed E-state index contributed by atoms with van der Waals surface area (Å²) in [4.78, 5) is 62.3. The molecule has 416 valence electrons. The minimum atomic E-state index is -2.33. The summed E-state index contributed by atoms with van der Waals surface area (Å²) in [5.41, 5.74) is 5.46. The number of carbonyl (C=O) groups is 5. The molecule has 0 spiro atoms. The number of aliphatic hydroxyl groups excluding tert-OH is 8. The Morgan fingerprint density at radius 1 is 0.736 bits per heavy atom. The lowest BCUT2D eigenvalue weighted by Crippen LogP contribution is -2.71. The first-order valence-corrected chi connectivity index (χ1v) is 23.7. The Labute approximate surface area is 415 Å². The standard InChI is InChI=1S/C43H75N5O24/c1-18(15-49)29(56)32(59)26(46-20(3)52)38(60)68-34-27(47-21(4)53)39(65-19(2)30(34)57)70-35-28(48-22(5)54)40(66-23(16-50)31(35)58)69-33-24(17-51)67-41(37-36(33)71-43(6,72-37)42(61)62)64-14-13-63-12-11-45-25(55)9-7-8-10-44/h18-19,23-24,26-41,49-51,56-60H,7-17,44H2,1-6H3,(H,45,55)(H,46,52)(H,47,53)(H,48,54)(H,61,62)/t18?,19?,23?,24?,26?,27?,28?,29?,30?,31?,32?,33?,34?,35?,36?,37?,38?,39?,40?,41?,43-/m0/s1. The second-order valence-corrected chi connectivity index (χ2v) is 18.1. The number of carboxylic acids is 1. The molecule has 72 heavy (non-hydrogen) atoms. The van der Waals surface area contributed by atoms with E-state index in [-0.39, 0.29) is 32.3 Å². The number of aliphatic carboxylic acids is 1. The summed E-state index contributed by atoms with van der Waals surface area (Å²) < 4.78 is 59.8. The van der Waals surface area contributed by atoms with Crippen molar-refractivity contribution in [1.29, 1.82) is 0 Å². The predicted octanol–water partition coefficient (Wildman–Crippen LogP) is -6.91. The van der Waals surface area contributed by atoms with E-state index in [1.54, 1.807) is 0 Å². The van der Waals surface area contributed by atoms with E-state index in [0.717, 1.165) is 27.7 Å². The third-order valence-corrected chi connectivity index (χ3v) is 12.4. The number of carboxylic acid groups (broad SMARTS) is 1. The minimum absolute atomic E-state index is 0.0179. The number of nitrogens with one attached hydrogen (secondary N) is 4. The molecule has 4 amide bonds. The van der Waals surface area contributed by atoms with Crippen LogP contribution in [-0.2, 0) is 71.3 Å². The number of hydrogen-bond acceptors (Lipinski definition) is 24. The summed E-state index contributed by atoms with van der Waals surface area (Å²) in [6.45, 7) is 5.36. The number of aliphatic hydroxyl groups is 8. The Balaban J connectivity index is 1.61. The van der Waals surface area contributed by atoms with E-state index in [1.165, 1.54) is 13.8 Å². The zero-order valence-electron chi connectivity index (χ0n) is 41.1. The fourth-order valence-electron chi connectivity index (χ4n) is 8.52. The van der Waals surface area contributed by atoms with E-state index in [1.807, 2.05) is 0 Å². The summed E-state index contributed by atoms with van der Waals surface area (Å²) in [5.74, 6) is -7.32. The SMILES string of the molecule is CC(=O)NC(C(O)OC1C(O)C(C)OC(OC2C(O)C(CO)OC(OC3C(CO)OC(OCCOCCNC(=O)CCCCN)C4O[C@@](C)(C(=O)O)OC34)C2NC(C)=O)C1NC(C)=O)C(O)C(O)C(C)CO. The van der Waals surface area contributed by atoms with Crippen LogP contribution >= 0.6 is 0 Å². The number of ether oxygens (including phenoxy) is 10. The largest absolute Gasteiger partial charge is 0.477 e. The lowest BCUT2D eigenvalue weighted by Gasteiger charge is -2.50. The molecule has 0 radical (unpaired) electrons. The number of amides is 4. The molecule has 4 aliphatic heterocycles. The third-order valence-electron chi connectivity index (χ3n) is 12.4. The van der Waals surface area contributed by atoms with Crippen molar-refractivity contribution in [2.75, 3.05) is 52.7 Å². The molecule has 21 atom stereocenters. The second kappa shape index (κ2) is 28.5. The van der Waals surface area contributed by atoms with Crippen molar-refractivity contribution in [3.63, 3.8) is 0 Å². The predicted molar refractivity (Wildman–Crippen MR) is 238 cm³/mol. The Bertz CT molecular complexity index is 1740. The van der Waals surface area contributed by atoms with Crippen LogP contribution in [0.15, 0.2) is 0 Å². The van der Waals surface area contributed by atoms with Gasteiger partial charge in [0.1, 0.15) is 79.2 Å². The third kappa shape index (κ3) is 16.1. The highest BCUT2D eigenvalue weighted by atomic mass is 16.8. The summed E-state index contributed by atoms with van der Waals surface area (Å²) in [5, 5.41) is 107. The number of carbonyl (C=O) groups excluding carboxylic acids is 4. The number of rotatable bonds is 28. The molecular formula is C43H75N5O24. The summed E-state index contributed by atoms with van der Waals surface area (Å²) >= 11 is 0. The Morgan fingerprint density at radius 2 is 1.33 bits per heavy atom. The van der Waals surface area contributed by atoms with Crippen molar-refractivity contribution in [3.05, 3.63) is 0 Å². The molecule has 4 heterocycles. The molecule has 0 aromatic carbocycles. The van der Waals surface area contributed by atoms with Gasteiger partial charge in [-0.3, -0.25) is 19.2 Å². The molecule has 29 heteroatoms. The molecule has 15 N–H and O–H groups in total. The number of fused-ring (bicyclic) bond motifs is 1. The normalized spacial score (nSPS) is 35.7. The van der Waals surface area contributed by atoms with Gasteiger partial charge < -0.3 is 120 Å². The molecule has 4 fully saturated rings. The first-order valence-electron chi connectivity index (χ1n) is 23.7. The molecule has 0 aromatic heterocycles. The van der Waals surface area contributed by atoms with Gasteiger partial charge in [-0.25, -0.2) is 4.79 Å². The van der Waals surface area contributed by atoms with Crippen molar-refractivity contribution < 1.29 is 117 Å². The van der Waals surface area contributed by atoms with Crippen molar-refractivity contribution in [2.24, 2.45) is 11.7 Å². The van der Waals surface area contributed by atoms with Crippen LogP contribution in [0.1, 0.15) is 60.8 Å². The highest BCUT2D eigenvalue weighted by molar-refractivity contribution is 5.76. The molecule has 20 unspecified atom stereocenters. The first kappa shape index (κ1) is 61.1. The van der Waals surface area contributed by atoms with Crippen molar-refractivity contribution >= 4 is 29.6 Å². The van der Waals surface area contributed by atoms with E-state index in [9.17, 15) is 69.9 Å². The molecule has 29 nitrogen and oxygen atoms in total. The van der Waals surface area contributed by atoms with Crippen LogP contribution in [0.3, 0.4) is 0 Å². The maximum atomic E-state index is 12.9. The Kier molecular flexibility index (Phi) is 24.2. The molecule has 4 saturated heterocycles. The van der Waals surface area contributed by atoms with E-state index in [4.69, 9.17) is 53.1 Å². The van der Waals surface area contributed by atoms with Crippen LogP contribution in [0.4, 0.5) is 0 Å². The number of unbranched alkanes of at least 4 members (excludes halogenated alkanes) is 1. The quantitative estimate of drug-likeness (QED) is 0.0256. The minimum Gasteiger partial charge on any atom is -0.477 e. The lowest BCUT2D eigenvalue weighted by molar-refractivity contribution is -0.354. The van der Waals surface area contributed by atoms with Gasteiger partial charge in [-0.2, -0.15) is 0 Å². The smallest absolute Gasteiger partial charge is 0.364 e.